The average Bonchev–Trinajstić information content (AvgIpc) is 3.08. The molecule has 4 amide bonds. The van der Waals surface area contributed by atoms with Gasteiger partial charge >= 0.3 is 6.03 Å². The third-order valence-electron chi connectivity index (χ3n) is 3.28. The monoisotopic (exact) mass is 240 g/mol. The molecule has 3 heterocycles. The Morgan fingerprint density at radius 1 is 1.00 bits per heavy atom. The van der Waals surface area contributed by atoms with Gasteiger partial charge in [0.15, 0.2) is 0 Å². The van der Waals surface area contributed by atoms with Gasteiger partial charge in [-0.3, -0.25) is 20.2 Å². The summed E-state index contributed by atoms with van der Waals surface area (Å²) in [4.78, 5) is 35.0. The molecule has 3 aliphatic rings. The molecule has 2 N–H and O–H groups in total. The van der Waals surface area contributed by atoms with Crippen LogP contribution in [-0.4, -0.2) is 43.3 Å². The van der Waals surface area contributed by atoms with E-state index < -0.39 is 23.3 Å². The summed E-state index contributed by atoms with van der Waals surface area (Å²) >= 11 is 0. The SMILES string of the molecule is O=C1NC(=O)C(CC2CO2)(CC2CO2)C(=O)N1. The normalized spacial score (nSPS) is 34.0. The van der Waals surface area contributed by atoms with Gasteiger partial charge in [-0.05, 0) is 12.8 Å². The predicted octanol–water partition coefficient (Wildman–Crippen LogP) is -1.08. The maximum Gasteiger partial charge on any atom is 0.328 e. The molecular formula is C10H12N2O5. The van der Waals surface area contributed by atoms with Crippen molar-refractivity contribution in [1.82, 2.24) is 10.6 Å². The number of urea groups is 1. The average molecular weight is 240 g/mol. The molecular weight excluding hydrogens is 228 g/mol. The number of epoxide rings is 2. The summed E-state index contributed by atoms with van der Waals surface area (Å²) in [6, 6.07) is -0.760. The molecule has 0 spiro atoms. The summed E-state index contributed by atoms with van der Waals surface area (Å²) in [5.74, 6) is -1.09. The number of carbonyl (C=O) groups excluding carboxylic acids is 3. The number of carbonyl (C=O) groups is 3. The van der Waals surface area contributed by atoms with Gasteiger partial charge in [0.2, 0.25) is 11.8 Å². The minimum Gasteiger partial charge on any atom is -0.373 e. The number of rotatable bonds is 4. The molecule has 0 aromatic rings. The molecule has 3 saturated heterocycles. The van der Waals surface area contributed by atoms with Gasteiger partial charge < -0.3 is 9.47 Å². The molecule has 2 atom stereocenters. The van der Waals surface area contributed by atoms with Crippen molar-refractivity contribution >= 4 is 17.8 Å². The Morgan fingerprint density at radius 3 is 1.76 bits per heavy atom. The van der Waals surface area contributed by atoms with Crippen molar-refractivity contribution in [1.29, 1.82) is 0 Å². The fourth-order valence-electron chi connectivity index (χ4n) is 2.18. The van der Waals surface area contributed by atoms with Crippen LogP contribution >= 0.6 is 0 Å². The summed E-state index contributed by atoms with van der Waals surface area (Å²) in [7, 11) is 0. The van der Waals surface area contributed by atoms with Crippen LogP contribution in [0.4, 0.5) is 4.79 Å². The van der Waals surface area contributed by atoms with Crippen LogP contribution in [0.2, 0.25) is 0 Å². The van der Waals surface area contributed by atoms with Crippen molar-refractivity contribution in [3.63, 3.8) is 0 Å². The molecule has 0 aromatic carbocycles. The third-order valence-corrected chi connectivity index (χ3v) is 3.28. The Hall–Kier alpha value is -1.47. The fourth-order valence-corrected chi connectivity index (χ4v) is 2.18. The lowest BCUT2D eigenvalue weighted by molar-refractivity contribution is -0.146. The summed E-state index contributed by atoms with van der Waals surface area (Å²) in [5.41, 5.74) is -1.23. The molecule has 92 valence electrons. The van der Waals surface area contributed by atoms with E-state index in [4.69, 9.17) is 9.47 Å². The number of amides is 4. The Balaban J connectivity index is 1.85. The number of barbiturate groups is 1. The molecule has 0 radical (unpaired) electrons. The zero-order chi connectivity index (χ0) is 12.0. The van der Waals surface area contributed by atoms with Crippen LogP contribution in [-0.2, 0) is 19.1 Å². The van der Waals surface area contributed by atoms with E-state index in [1.165, 1.54) is 0 Å². The summed E-state index contributed by atoms with van der Waals surface area (Å²) in [5, 5.41) is 4.29. The van der Waals surface area contributed by atoms with Crippen LogP contribution in [0.15, 0.2) is 0 Å². The second kappa shape index (κ2) is 3.51. The molecule has 0 aromatic heterocycles. The first-order chi connectivity index (χ1) is 8.10. The van der Waals surface area contributed by atoms with Crippen LogP contribution in [0.5, 0.6) is 0 Å². The quantitative estimate of drug-likeness (QED) is 0.480. The molecule has 3 aliphatic heterocycles. The topological polar surface area (TPSA) is 100 Å². The maximum absolute atomic E-state index is 12.0. The summed E-state index contributed by atoms with van der Waals surface area (Å²) in [6.07, 6.45) is 0.465. The zero-order valence-electron chi connectivity index (χ0n) is 9.02. The van der Waals surface area contributed by atoms with Crippen LogP contribution in [0, 0.1) is 5.41 Å². The van der Waals surface area contributed by atoms with E-state index in [9.17, 15) is 14.4 Å². The number of nitrogens with one attached hydrogen (secondary N) is 2. The van der Waals surface area contributed by atoms with E-state index in [2.05, 4.69) is 10.6 Å². The lowest BCUT2D eigenvalue weighted by Gasteiger charge is -2.33. The molecule has 7 nitrogen and oxygen atoms in total. The number of imide groups is 2. The van der Waals surface area contributed by atoms with Crippen LogP contribution in [0.1, 0.15) is 12.8 Å². The largest absolute Gasteiger partial charge is 0.373 e. The van der Waals surface area contributed by atoms with E-state index >= 15 is 0 Å². The second-order valence-electron chi connectivity index (χ2n) is 4.64. The van der Waals surface area contributed by atoms with Crippen LogP contribution < -0.4 is 10.6 Å². The van der Waals surface area contributed by atoms with Crippen molar-refractivity contribution in [3.8, 4) is 0 Å². The Morgan fingerprint density at radius 2 is 1.41 bits per heavy atom. The van der Waals surface area contributed by atoms with Crippen LogP contribution in [0.25, 0.3) is 0 Å². The van der Waals surface area contributed by atoms with E-state index in [1.807, 2.05) is 0 Å². The minimum absolute atomic E-state index is 0.0709. The van der Waals surface area contributed by atoms with E-state index in [0.29, 0.717) is 26.1 Å². The van der Waals surface area contributed by atoms with Gasteiger partial charge in [-0.25, -0.2) is 4.79 Å². The molecule has 2 unspecified atom stereocenters. The summed E-state index contributed by atoms with van der Waals surface area (Å²) < 4.78 is 10.2. The molecule has 3 fully saturated rings. The number of hydrogen-bond donors (Lipinski definition) is 2. The highest BCUT2D eigenvalue weighted by atomic mass is 16.6. The van der Waals surface area contributed by atoms with Crippen molar-refractivity contribution in [2.75, 3.05) is 13.2 Å². The standard InChI is InChI=1S/C10H12N2O5/c13-7-10(1-5-3-16-5,2-6-4-17-6)8(14)12-9(15)11-7/h5-6H,1-4H2,(H2,11,12,13,14,15). The Kier molecular flexibility index (Phi) is 2.20. The second-order valence-corrected chi connectivity index (χ2v) is 4.64. The van der Waals surface area contributed by atoms with Gasteiger partial charge in [-0.15, -0.1) is 0 Å². The van der Waals surface area contributed by atoms with E-state index in [-0.39, 0.29) is 12.2 Å². The Labute approximate surface area is 96.8 Å². The molecule has 0 aliphatic carbocycles. The van der Waals surface area contributed by atoms with Gasteiger partial charge in [-0.1, -0.05) is 0 Å². The third kappa shape index (κ3) is 1.91. The smallest absolute Gasteiger partial charge is 0.328 e. The molecule has 17 heavy (non-hydrogen) atoms. The van der Waals surface area contributed by atoms with Crippen molar-refractivity contribution in [2.24, 2.45) is 5.41 Å². The molecule has 0 bridgehead atoms. The van der Waals surface area contributed by atoms with Crippen LogP contribution in [0.3, 0.4) is 0 Å². The maximum atomic E-state index is 12.0. The number of ether oxygens (including phenoxy) is 2. The van der Waals surface area contributed by atoms with Crippen molar-refractivity contribution < 1.29 is 23.9 Å². The van der Waals surface area contributed by atoms with E-state index in [1.54, 1.807) is 0 Å². The van der Waals surface area contributed by atoms with Crippen molar-refractivity contribution in [3.05, 3.63) is 0 Å². The highest BCUT2D eigenvalue weighted by Gasteiger charge is 2.55. The predicted molar refractivity (Wildman–Crippen MR) is 52.8 cm³/mol. The van der Waals surface area contributed by atoms with Gasteiger partial charge in [0.25, 0.3) is 0 Å². The molecule has 3 rings (SSSR count). The van der Waals surface area contributed by atoms with Crippen molar-refractivity contribution in [2.45, 2.75) is 25.0 Å². The Bertz CT molecular complexity index is 364. The zero-order valence-corrected chi connectivity index (χ0v) is 9.02. The lowest BCUT2D eigenvalue weighted by atomic mass is 9.76. The first-order valence-electron chi connectivity index (χ1n) is 5.50. The first kappa shape index (κ1) is 10.7. The first-order valence-corrected chi connectivity index (χ1v) is 5.50. The van der Waals surface area contributed by atoms with Gasteiger partial charge in [0.1, 0.15) is 5.41 Å². The highest BCUT2D eigenvalue weighted by molar-refractivity contribution is 6.19. The van der Waals surface area contributed by atoms with Gasteiger partial charge in [-0.2, -0.15) is 0 Å². The molecule has 7 heteroatoms. The number of hydrogen-bond acceptors (Lipinski definition) is 5. The highest BCUT2D eigenvalue weighted by Crippen LogP contribution is 2.39. The molecule has 0 saturated carbocycles. The fraction of sp³-hybridized carbons (Fsp3) is 0.700. The van der Waals surface area contributed by atoms with Gasteiger partial charge in [0, 0.05) is 0 Å². The summed E-state index contributed by atoms with van der Waals surface area (Å²) in [6.45, 7) is 1.11. The minimum atomic E-state index is -1.23. The van der Waals surface area contributed by atoms with Gasteiger partial charge in [0.05, 0.1) is 25.4 Å². The lowest BCUT2D eigenvalue weighted by Crippen LogP contribution is -2.63. The van der Waals surface area contributed by atoms with E-state index in [0.717, 1.165) is 0 Å².